The molecule has 37 heavy (non-hydrogen) atoms. The maximum absolute atomic E-state index is 12.7. The van der Waals surface area contributed by atoms with Gasteiger partial charge >= 0.3 is 12.1 Å². The second kappa shape index (κ2) is 10.00. The van der Waals surface area contributed by atoms with Gasteiger partial charge in [0.1, 0.15) is 6.10 Å². The molecule has 188 valence electrons. The van der Waals surface area contributed by atoms with Crippen LogP contribution in [-0.4, -0.2) is 21.5 Å². The number of aryl methyl sites for hydroxylation is 1. The summed E-state index contributed by atoms with van der Waals surface area (Å²) in [5.74, 6) is -0.753. The number of carboxylic acid groups (broad SMARTS) is 1. The van der Waals surface area contributed by atoms with Crippen molar-refractivity contribution in [2.75, 3.05) is 5.32 Å². The first kappa shape index (κ1) is 25.0. The number of amides is 1. The van der Waals surface area contributed by atoms with Crippen molar-refractivity contribution in [1.82, 2.24) is 4.37 Å². The van der Waals surface area contributed by atoms with E-state index in [4.69, 9.17) is 16.3 Å². The summed E-state index contributed by atoms with van der Waals surface area (Å²) in [7, 11) is 0. The first-order valence-electron chi connectivity index (χ1n) is 11.9. The van der Waals surface area contributed by atoms with Gasteiger partial charge in [-0.15, -0.1) is 0 Å². The minimum absolute atomic E-state index is 0.468. The Morgan fingerprint density at radius 1 is 1.03 bits per heavy atom. The molecule has 4 aromatic rings. The Kier molecular flexibility index (Phi) is 6.75. The highest BCUT2D eigenvalue weighted by atomic mass is 35.5. The van der Waals surface area contributed by atoms with E-state index in [2.05, 4.69) is 9.69 Å². The highest BCUT2D eigenvalue weighted by molar-refractivity contribution is 7.10. The van der Waals surface area contributed by atoms with Crippen LogP contribution >= 0.6 is 23.1 Å². The van der Waals surface area contributed by atoms with Crippen molar-refractivity contribution in [3.63, 3.8) is 0 Å². The van der Waals surface area contributed by atoms with Crippen LogP contribution in [0.4, 0.5) is 10.5 Å². The molecule has 1 aromatic heterocycles. The van der Waals surface area contributed by atoms with Gasteiger partial charge in [-0.3, -0.25) is 10.1 Å². The molecule has 1 heterocycles. The monoisotopic (exact) mass is 532 g/mol. The summed E-state index contributed by atoms with van der Waals surface area (Å²) in [5.41, 5.74) is 5.23. The number of nitrogens with zero attached hydrogens (tertiary/aromatic N) is 1. The van der Waals surface area contributed by atoms with Crippen LogP contribution in [0.5, 0.6) is 0 Å². The fourth-order valence-corrected chi connectivity index (χ4v) is 5.43. The summed E-state index contributed by atoms with van der Waals surface area (Å²) < 4.78 is 10.0. The molecule has 1 aliphatic carbocycles. The highest BCUT2D eigenvalue weighted by Crippen LogP contribution is 2.48. The van der Waals surface area contributed by atoms with E-state index in [-0.39, 0.29) is 0 Å². The lowest BCUT2D eigenvalue weighted by Crippen LogP contribution is -2.19. The summed E-state index contributed by atoms with van der Waals surface area (Å²) in [6, 6.07) is 23.0. The van der Waals surface area contributed by atoms with Crippen LogP contribution < -0.4 is 5.32 Å². The standard InChI is InChI=1S/C29H25ClN2O4S/c1-17-25(31-28(35)36-18(2)22-4-3-5-24(30)16-22)26(37-32-17)21-8-6-19(7-9-21)20-10-12-23(13-11-20)29(14-15-29)27(33)34/h3-13,16,18H,14-15H2,1-2H3,(H,31,35)(H,33,34)/t18-/m1/s1. The molecule has 1 amide bonds. The predicted molar refractivity (Wildman–Crippen MR) is 146 cm³/mol. The normalized spacial score (nSPS) is 14.6. The van der Waals surface area contributed by atoms with Crippen molar-refractivity contribution in [1.29, 1.82) is 0 Å². The van der Waals surface area contributed by atoms with E-state index in [1.165, 1.54) is 11.5 Å². The van der Waals surface area contributed by atoms with Gasteiger partial charge < -0.3 is 9.84 Å². The molecule has 0 saturated heterocycles. The van der Waals surface area contributed by atoms with E-state index in [1.807, 2.05) is 67.6 Å². The average molecular weight is 533 g/mol. The maximum atomic E-state index is 12.7. The van der Waals surface area contributed by atoms with E-state index in [0.29, 0.717) is 29.2 Å². The summed E-state index contributed by atoms with van der Waals surface area (Å²) >= 11 is 7.37. The van der Waals surface area contributed by atoms with Crippen molar-refractivity contribution < 1.29 is 19.4 Å². The van der Waals surface area contributed by atoms with Gasteiger partial charge in [-0.2, -0.15) is 4.37 Å². The Hall–Kier alpha value is -3.68. The molecule has 0 spiro atoms. The number of hydrogen-bond acceptors (Lipinski definition) is 5. The van der Waals surface area contributed by atoms with Gasteiger partial charge in [0, 0.05) is 5.02 Å². The van der Waals surface area contributed by atoms with Crippen molar-refractivity contribution in [3.05, 3.63) is 94.6 Å². The summed E-state index contributed by atoms with van der Waals surface area (Å²) in [5, 5.41) is 13.0. The lowest BCUT2D eigenvalue weighted by Gasteiger charge is -2.15. The van der Waals surface area contributed by atoms with Crippen LogP contribution in [0.1, 0.15) is 42.7 Å². The van der Waals surface area contributed by atoms with Gasteiger partial charge in [0.15, 0.2) is 0 Å². The Morgan fingerprint density at radius 3 is 2.24 bits per heavy atom. The number of halogens is 1. The fraction of sp³-hybridized carbons (Fsp3) is 0.207. The van der Waals surface area contributed by atoms with Crippen molar-refractivity contribution >= 4 is 40.9 Å². The van der Waals surface area contributed by atoms with E-state index in [1.54, 1.807) is 19.1 Å². The second-order valence-corrected chi connectivity index (χ2v) is 10.5. The van der Waals surface area contributed by atoms with Gasteiger partial charge in [0.25, 0.3) is 0 Å². The smallest absolute Gasteiger partial charge is 0.412 e. The third-order valence-corrected chi connectivity index (χ3v) is 7.99. The number of aliphatic carboxylic acids is 1. The molecule has 1 atom stereocenters. The number of anilines is 1. The van der Waals surface area contributed by atoms with Crippen LogP contribution in [0.25, 0.3) is 21.6 Å². The lowest BCUT2D eigenvalue weighted by molar-refractivity contribution is -0.140. The molecule has 0 unspecified atom stereocenters. The van der Waals surface area contributed by atoms with Crippen LogP contribution in [0, 0.1) is 6.92 Å². The number of nitrogens with one attached hydrogen (secondary N) is 1. The topological polar surface area (TPSA) is 88.5 Å². The van der Waals surface area contributed by atoms with E-state index in [0.717, 1.165) is 32.7 Å². The molecule has 0 aliphatic heterocycles. The molecule has 0 radical (unpaired) electrons. The summed E-state index contributed by atoms with van der Waals surface area (Å²) in [6.07, 6.45) is 0.343. The van der Waals surface area contributed by atoms with Gasteiger partial charge in [-0.1, -0.05) is 72.3 Å². The number of carbonyl (C=O) groups is 2. The minimum Gasteiger partial charge on any atom is -0.481 e. The largest absolute Gasteiger partial charge is 0.481 e. The second-order valence-electron chi connectivity index (χ2n) is 9.24. The number of ether oxygens (including phenoxy) is 1. The molecule has 5 rings (SSSR count). The van der Waals surface area contributed by atoms with Crippen LogP contribution in [0.2, 0.25) is 5.02 Å². The van der Waals surface area contributed by atoms with Crippen molar-refractivity contribution in [2.24, 2.45) is 0 Å². The van der Waals surface area contributed by atoms with Gasteiger partial charge in [0.2, 0.25) is 0 Å². The van der Waals surface area contributed by atoms with E-state index < -0.39 is 23.6 Å². The zero-order valence-electron chi connectivity index (χ0n) is 20.3. The zero-order valence-corrected chi connectivity index (χ0v) is 21.9. The van der Waals surface area contributed by atoms with Gasteiger partial charge in [-0.25, -0.2) is 4.79 Å². The predicted octanol–water partition coefficient (Wildman–Crippen LogP) is 7.86. The minimum atomic E-state index is -0.753. The number of aromatic nitrogens is 1. The molecule has 2 N–H and O–H groups in total. The SMILES string of the molecule is Cc1nsc(-c2ccc(-c3ccc(C4(C(=O)O)CC4)cc3)cc2)c1NC(=O)O[C@H](C)c1cccc(Cl)c1. The summed E-state index contributed by atoms with van der Waals surface area (Å²) in [6.45, 7) is 3.64. The lowest BCUT2D eigenvalue weighted by atomic mass is 9.93. The van der Waals surface area contributed by atoms with Gasteiger partial charge in [0.05, 0.1) is 21.7 Å². The molecular weight excluding hydrogens is 508 g/mol. The number of benzene rings is 3. The molecule has 1 aliphatic rings. The average Bonchev–Trinajstić information content (AvgIpc) is 3.64. The van der Waals surface area contributed by atoms with Crippen LogP contribution in [0.3, 0.4) is 0 Å². The molecule has 8 heteroatoms. The van der Waals surface area contributed by atoms with Crippen LogP contribution in [0.15, 0.2) is 72.8 Å². The zero-order chi connectivity index (χ0) is 26.2. The first-order valence-corrected chi connectivity index (χ1v) is 13.1. The number of rotatable bonds is 7. The molecule has 1 saturated carbocycles. The first-order chi connectivity index (χ1) is 17.8. The Morgan fingerprint density at radius 2 is 1.65 bits per heavy atom. The Labute approximate surface area is 224 Å². The van der Waals surface area contributed by atoms with E-state index >= 15 is 0 Å². The number of carboxylic acids is 1. The van der Waals surface area contributed by atoms with E-state index in [9.17, 15) is 14.7 Å². The highest BCUT2D eigenvalue weighted by Gasteiger charge is 2.51. The molecule has 1 fully saturated rings. The molecular formula is C29H25ClN2O4S. The number of carbonyl (C=O) groups excluding carboxylic acids is 1. The molecule has 3 aromatic carbocycles. The maximum Gasteiger partial charge on any atom is 0.412 e. The third kappa shape index (κ3) is 5.10. The molecule has 0 bridgehead atoms. The Bertz CT molecular complexity index is 1460. The quantitative estimate of drug-likeness (QED) is 0.253. The fourth-order valence-electron chi connectivity index (χ4n) is 4.38. The van der Waals surface area contributed by atoms with Gasteiger partial charge in [-0.05, 0) is 78.2 Å². The Balaban J connectivity index is 1.30. The van der Waals surface area contributed by atoms with Crippen LogP contribution in [-0.2, 0) is 14.9 Å². The van der Waals surface area contributed by atoms with Crippen molar-refractivity contribution in [2.45, 2.75) is 38.2 Å². The molecule has 6 nitrogen and oxygen atoms in total. The van der Waals surface area contributed by atoms with Crippen molar-refractivity contribution in [3.8, 4) is 21.6 Å². The number of hydrogen-bond donors (Lipinski definition) is 2. The third-order valence-electron chi connectivity index (χ3n) is 6.77. The summed E-state index contributed by atoms with van der Waals surface area (Å²) in [4.78, 5) is 25.1.